The van der Waals surface area contributed by atoms with Crippen LogP contribution in [0.4, 0.5) is 0 Å². The summed E-state index contributed by atoms with van der Waals surface area (Å²) in [5.74, 6) is 1.54. The van der Waals surface area contributed by atoms with E-state index in [0.717, 1.165) is 11.1 Å². The molecular weight excluding hydrogens is 318 g/mol. The Labute approximate surface area is 136 Å². The normalized spacial score (nSPS) is 12.2. The van der Waals surface area contributed by atoms with E-state index >= 15 is 0 Å². The van der Waals surface area contributed by atoms with Crippen molar-refractivity contribution in [3.8, 4) is 11.3 Å². The lowest BCUT2D eigenvalue weighted by Crippen LogP contribution is -1.99. The Morgan fingerprint density at radius 2 is 1.73 bits per heavy atom. The van der Waals surface area contributed by atoms with Crippen molar-refractivity contribution in [2.24, 2.45) is 0 Å². The summed E-state index contributed by atoms with van der Waals surface area (Å²) in [5, 5.41) is 4.68. The molecular formula is C17H14ClNO2S. The first kappa shape index (κ1) is 15.0. The van der Waals surface area contributed by atoms with Gasteiger partial charge in [-0.25, -0.2) is 0 Å². The van der Waals surface area contributed by atoms with E-state index in [2.05, 4.69) is 5.16 Å². The van der Waals surface area contributed by atoms with Gasteiger partial charge in [-0.3, -0.25) is 4.21 Å². The molecule has 1 atom stereocenters. The minimum absolute atomic E-state index is 0.374. The highest BCUT2D eigenvalue weighted by Gasteiger charge is 2.10. The molecule has 0 aliphatic heterocycles. The monoisotopic (exact) mass is 331 g/mol. The van der Waals surface area contributed by atoms with Crippen molar-refractivity contribution in [3.63, 3.8) is 0 Å². The zero-order valence-electron chi connectivity index (χ0n) is 11.7. The zero-order valence-corrected chi connectivity index (χ0v) is 13.3. The molecule has 2 aromatic carbocycles. The molecule has 0 aliphatic rings. The number of halogens is 1. The molecule has 0 N–H and O–H groups in total. The molecule has 0 unspecified atom stereocenters. The van der Waals surface area contributed by atoms with Crippen molar-refractivity contribution in [2.75, 3.05) is 0 Å². The molecule has 0 saturated carbocycles. The van der Waals surface area contributed by atoms with Crippen molar-refractivity contribution in [3.05, 3.63) is 76.9 Å². The highest BCUT2D eigenvalue weighted by Crippen LogP contribution is 2.21. The van der Waals surface area contributed by atoms with Gasteiger partial charge in [-0.1, -0.05) is 59.2 Å². The van der Waals surface area contributed by atoms with Gasteiger partial charge in [-0.15, -0.1) is 0 Å². The van der Waals surface area contributed by atoms with E-state index < -0.39 is 10.8 Å². The zero-order chi connectivity index (χ0) is 15.4. The van der Waals surface area contributed by atoms with Crippen LogP contribution in [-0.4, -0.2) is 9.37 Å². The predicted molar refractivity (Wildman–Crippen MR) is 88.9 cm³/mol. The number of benzene rings is 2. The van der Waals surface area contributed by atoms with Gasteiger partial charge in [-0.05, 0) is 17.7 Å². The Bertz CT molecular complexity index is 769. The number of nitrogens with zero attached hydrogens (tertiary/aromatic N) is 1. The molecule has 0 bridgehead atoms. The Morgan fingerprint density at radius 1 is 1.00 bits per heavy atom. The first-order chi connectivity index (χ1) is 10.7. The molecule has 0 saturated heterocycles. The maximum atomic E-state index is 12.2. The highest BCUT2D eigenvalue weighted by molar-refractivity contribution is 7.83. The van der Waals surface area contributed by atoms with E-state index in [4.69, 9.17) is 16.1 Å². The molecule has 112 valence electrons. The van der Waals surface area contributed by atoms with Crippen LogP contribution in [0.15, 0.2) is 65.2 Å². The summed E-state index contributed by atoms with van der Waals surface area (Å²) in [6, 6.07) is 19.0. The summed E-state index contributed by atoms with van der Waals surface area (Å²) in [7, 11) is -1.04. The van der Waals surface area contributed by atoms with Crippen molar-refractivity contribution >= 4 is 22.4 Å². The van der Waals surface area contributed by atoms with Crippen molar-refractivity contribution in [1.29, 1.82) is 0 Å². The van der Waals surface area contributed by atoms with Crippen LogP contribution in [0.3, 0.4) is 0 Å². The van der Waals surface area contributed by atoms with Gasteiger partial charge in [0.25, 0.3) is 0 Å². The lowest BCUT2D eigenvalue weighted by atomic mass is 10.2. The Hall–Kier alpha value is -1.91. The second-order valence-electron chi connectivity index (χ2n) is 4.90. The van der Waals surface area contributed by atoms with E-state index in [-0.39, 0.29) is 0 Å². The fourth-order valence-corrected chi connectivity index (χ4v) is 3.36. The first-order valence-electron chi connectivity index (χ1n) is 6.81. The number of hydrogen-bond acceptors (Lipinski definition) is 3. The van der Waals surface area contributed by atoms with Gasteiger partial charge in [0.05, 0.1) is 11.4 Å². The van der Waals surface area contributed by atoms with Crippen LogP contribution in [0.1, 0.15) is 11.3 Å². The SMILES string of the molecule is O=[S@@](Cc1ccc(Cl)cc1)Cc1cc(-c2ccccc2)on1. The van der Waals surface area contributed by atoms with Gasteiger partial charge in [0.15, 0.2) is 5.76 Å². The molecule has 1 aromatic heterocycles. The Morgan fingerprint density at radius 3 is 2.45 bits per heavy atom. The van der Waals surface area contributed by atoms with E-state index in [1.165, 1.54) is 0 Å². The average molecular weight is 332 g/mol. The highest BCUT2D eigenvalue weighted by atomic mass is 35.5. The fraction of sp³-hybridized carbons (Fsp3) is 0.118. The lowest BCUT2D eigenvalue weighted by molar-refractivity contribution is 0.426. The van der Waals surface area contributed by atoms with Crippen molar-refractivity contribution < 1.29 is 8.73 Å². The molecule has 0 spiro atoms. The van der Waals surface area contributed by atoms with Gasteiger partial charge in [0, 0.05) is 33.2 Å². The molecule has 0 radical (unpaired) electrons. The molecule has 3 rings (SSSR count). The van der Waals surface area contributed by atoms with E-state index in [0.29, 0.717) is 28.0 Å². The third-order valence-electron chi connectivity index (χ3n) is 3.17. The standard InChI is InChI=1S/C17H14ClNO2S/c18-15-8-6-13(7-9-15)11-22(20)12-16-10-17(21-19-16)14-4-2-1-3-5-14/h1-10H,11-12H2/t22-/m0/s1. The van der Waals surface area contributed by atoms with Crippen LogP contribution < -0.4 is 0 Å². The molecule has 5 heteroatoms. The molecule has 3 aromatic rings. The largest absolute Gasteiger partial charge is 0.356 e. The van der Waals surface area contributed by atoms with Gasteiger partial charge in [0.2, 0.25) is 0 Å². The minimum Gasteiger partial charge on any atom is -0.356 e. The maximum absolute atomic E-state index is 12.2. The van der Waals surface area contributed by atoms with Crippen molar-refractivity contribution in [1.82, 2.24) is 5.16 Å². The molecule has 0 amide bonds. The second-order valence-corrected chi connectivity index (χ2v) is 6.80. The van der Waals surface area contributed by atoms with Crippen LogP contribution >= 0.6 is 11.6 Å². The molecule has 1 heterocycles. The van der Waals surface area contributed by atoms with Gasteiger partial charge < -0.3 is 4.52 Å². The predicted octanol–water partition coefficient (Wildman–Crippen LogP) is 4.44. The quantitative estimate of drug-likeness (QED) is 0.694. The van der Waals surface area contributed by atoms with Gasteiger partial charge in [-0.2, -0.15) is 0 Å². The molecule has 22 heavy (non-hydrogen) atoms. The topological polar surface area (TPSA) is 43.1 Å². The second kappa shape index (κ2) is 6.90. The summed E-state index contributed by atoms with van der Waals surface area (Å²) in [6.45, 7) is 0. The van der Waals surface area contributed by atoms with E-state index in [9.17, 15) is 4.21 Å². The summed E-state index contributed by atoms with van der Waals surface area (Å²) in [4.78, 5) is 0. The maximum Gasteiger partial charge on any atom is 0.167 e. The van der Waals surface area contributed by atoms with Crippen LogP contribution in [0.2, 0.25) is 5.02 Å². The third-order valence-corrected chi connectivity index (χ3v) is 4.69. The lowest BCUT2D eigenvalue weighted by Gasteiger charge is -2.00. The van der Waals surface area contributed by atoms with Crippen molar-refractivity contribution in [2.45, 2.75) is 11.5 Å². The molecule has 3 nitrogen and oxygen atoms in total. The number of aromatic nitrogens is 1. The van der Waals surface area contributed by atoms with E-state index in [1.807, 2.05) is 48.5 Å². The summed E-state index contributed by atoms with van der Waals surface area (Å²) >= 11 is 5.84. The van der Waals surface area contributed by atoms with Crippen LogP contribution in [0.25, 0.3) is 11.3 Å². The summed E-state index contributed by atoms with van der Waals surface area (Å²) < 4.78 is 17.5. The smallest absolute Gasteiger partial charge is 0.167 e. The Kier molecular flexibility index (Phi) is 4.71. The number of rotatable bonds is 5. The average Bonchev–Trinajstić information content (AvgIpc) is 2.99. The van der Waals surface area contributed by atoms with E-state index in [1.54, 1.807) is 12.1 Å². The van der Waals surface area contributed by atoms with Crippen LogP contribution in [0, 0.1) is 0 Å². The first-order valence-corrected chi connectivity index (χ1v) is 8.68. The van der Waals surface area contributed by atoms with Gasteiger partial charge in [0.1, 0.15) is 0 Å². The minimum atomic E-state index is -1.04. The third kappa shape index (κ3) is 3.84. The van der Waals surface area contributed by atoms with Crippen LogP contribution in [0.5, 0.6) is 0 Å². The Balaban J connectivity index is 1.65. The molecule has 0 fully saturated rings. The van der Waals surface area contributed by atoms with Gasteiger partial charge >= 0.3 is 0 Å². The molecule has 0 aliphatic carbocycles. The summed E-state index contributed by atoms with van der Waals surface area (Å²) in [5.41, 5.74) is 2.66. The number of hydrogen-bond donors (Lipinski definition) is 0. The fourth-order valence-electron chi connectivity index (χ4n) is 2.10. The summed E-state index contributed by atoms with van der Waals surface area (Å²) in [6.07, 6.45) is 0. The van der Waals surface area contributed by atoms with Crippen LogP contribution in [-0.2, 0) is 22.3 Å².